The Morgan fingerprint density at radius 1 is 0.958 bits per heavy atom. The van der Waals surface area contributed by atoms with Crippen molar-refractivity contribution < 1.29 is 9.90 Å². The van der Waals surface area contributed by atoms with Gasteiger partial charge in [-0.1, -0.05) is 41.9 Å². The molecule has 1 saturated heterocycles. The van der Waals surface area contributed by atoms with Crippen molar-refractivity contribution in [3.8, 4) is 0 Å². The van der Waals surface area contributed by atoms with E-state index in [2.05, 4.69) is 17.0 Å². The fourth-order valence-corrected chi connectivity index (χ4v) is 3.12. The van der Waals surface area contributed by atoms with E-state index in [1.54, 1.807) is 29.2 Å². The van der Waals surface area contributed by atoms with Crippen LogP contribution in [0.4, 0.5) is 5.69 Å². The second kappa shape index (κ2) is 7.69. The normalized spacial score (nSPS) is 16.6. The van der Waals surface area contributed by atoms with Crippen LogP contribution < -0.4 is 4.90 Å². The van der Waals surface area contributed by atoms with Crippen molar-refractivity contribution >= 4 is 23.2 Å². The number of aliphatic hydroxyl groups is 1. The zero-order valence-electron chi connectivity index (χ0n) is 13.4. The molecule has 5 heteroatoms. The van der Waals surface area contributed by atoms with Crippen LogP contribution in [0.1, 0.15) is 18.1 Å². The van der Waals surface area contributed by atoms with Crippen molar-refractivity contribution in [2.24, 2.45) is 0 Å². The van der Waals surface area contributed by atoms with E-state index in [-0.39, 0.29) is 5.91 Å². The van der Waals surface area contributed by atoms with E-state index < -0.39 is 6.10 Å². The number of amides is 1. The van der Waals surface area contributed by atoms with Gasteiger partial charge in [0.25, 0.3) is 5.91 Å². The van der Waals surface area contributed by atoms with Gasteiger partial charge in [-0.05, 0) is 36.2 Å². The quantitative estimate of drug-likeness (QED) is 0.930. The van der Waals surface area contributed by atoms with Crippen LogP contribution in [-0.4, -0.2) is 42.1 Å². The van der Waals surface area contributed by atoms with Gasteiger partial charge in [0.15, 0.2) is 6.10 Å². The van der Waals surface area contributed by atoms with Crippen molar-refractivity contribution in [3.05, 3.63) is 65.2 Å². The van der Waals surface area contributed by atoms with Crippen LogP contribution in [0.15, 0.2) is 54.6 Å². The molecule has 4 nitrogen and oxygen atoms in total. The van der Waals surface area contributed by atoms with E-state index in [0.717, 1.165) is 19.5 Å². The molecular formula is C19H21ClN2O2. The van der Waals surface area contributed by atoms with Gasteiger partial charge in [-0.15, -0.1) is 0 Å². The molecule has 24 heavy (non-hydrogen) atoms. The lowest BCUT2D eigenvalue weighted by molar-refractivity contribution is -0.140. The molecule has 0 aromatic heterocycles. The molecule has 1 amide bonds. The fourth-order valence-electron chi connectivity index (χ4n) is 3.00. The molecule has 1 aliphatic heterocycles. The maximum Gasteiger partial charge on any atom is 0.256 e. The first-order valence-corrected chi connectivity index (χ1v) is 8.55. The molecular weight excluding hydrogens is 324 g/mol. The molecule has 1 heterocycles. The topological polar surface area (TPSA) is 43.8 Å². The summed E-state index contributed by atoms with van der Waals surface area (Å²) in [5.74, 6) is -0.243. The smallest absolute Gasteiger partial charge is 0.256 e. The van der Waals surface area contributed by atoms with Crippen molar-refractivity contribution in [1.82, 2.24) is 4.90 Å². The Hall–Kier alpha value is -2.04. The number of carbonyl (C=O) groups is 1. The van der Waals surface area contributed by atoms with E-state index in [1.165, 1.54) is 5.69 Å². The summed E-state index contributed by atoms with van der Waals surface area (Å²) >= 11 is 5.86. The van der Waals surface area contributed by atoms with Gasteiger partial charge in [-0.2, -0.15) is 0 Å². The van der Waals surface area contributed by atoms with E-state index in [0.29, 0.717) is 23.7 Å². The number of hydrogen-bond acceptors (Lipinski definition) is 3. The van der Waals surface area contributed by atoms with Crippen LogP contribution in [0, 0.1) is 0 Å². The maximum atomic E-state index is 12.6. The van der Waals surface area contributed by atoms with Crippen LogP contribution in [0.25, 0.3) is 0 Å². The summed E-state index contributed by atoms with van der Waals surface area (Å²) < 4.78 is 0. The molecule has 1 fully saturated rings. The van der Waals surface area contributed by atoms with Crippen molar-refractivity contribution in [3.63, 3.8) is 0 Å². The maximum absolute atomic E-state index is 12.6. The summed E-state index contributed by atoms with van der Waals surface area (Å²) in [6.45, 7) is 2.94. The van der Waals surface area contributed by atoms with Crippen LogP contribution in [-0.2, 0) is 4.79 Å². The Kier molecular flexibility index (Phi) is 5.38. The van der Waals surface area contributed by atoms with Gasteiger partial charge < -0.3 is 14.9 Å². The van der Waals surface area contributed by atoms with Crippen molar-refractivity contribution in [2.75, 3.05) is 31.1 Å². The van der Waals surface area contributed by atoms with Gasteiger partial charge in [0.2, 0.25) is 0 Å². The predicted molar refractivity (Wildman–Crippen MR) is 96.3 cm³/mol. The molecule has 2 aromatic carbocycles. The average molecular weight is 345 g/mol. The highest BCUT2D eigenvalue weighted by atomic mass is 35.5. The molecule has 0 radical (unpaired) electrons. The Morgan fingerprint density at radius 2 is 1.67 bits per heavy atom. The van der Waals surface area contributed by atoms with E-state index in [4.69, 9.17) is 11.6 Å². The van der Waals surface area contributed by atoms with Gasteiger partial charge in [0.1, 0.15) is 0 Å². The van der Waals surface area contributed by atoms with Crippen molar-refractivity contribution in [1.29, 1.82) is 0 Å². The van der Waals surface area contributed by atoms with Crippen LogP contribution in [0.2, 0.25) is 5.02 Å². The number of carbonyl (C=O) groups excluding carboxylic acids is 1. The number of hydrogen-bond donors (Lipinski definition) is 1. The summed E-state index contributed by atoms with van der Waals surface area (Å²) in [4.78, 5) is 16.6. The summed E-state index contributed by atoms with van der Waals surface area (Å²) in [6, 6.07) is 17.0. The van der Waals surface area contributed by atoms with Gasteiger partial charge in [0, 0.05) is 36.9 Å². The lowest BCUT2D eigenvalue weighted by Gasteiger charge is -2.25. The lowest BCUT2D eigenvalue weighted by Crippen LogP contribution is -2.38. The molecule has 0 aliphatic carbocycles. The molecule has 1 atom stereocenters. The standard InChI is InChI=1S/C19H21ClN2O2/c20-16-9-7-15(8-10-16)18(23)19(24)22-12-4-11-21(13-14-22)17-5-2-1-3-6-17/h1-3,5-10,18,23H,4,11-14H2. The Bertz CT molecular complexity index is 676. The summed E-state index contributed by atoms with van der Waals surface area (Å²) in [5, 5.41) is 10.9. The number of rotatable bonds is 3. The second-order valence-electron chi connectivity index (χ2n) is 5.96. The third-order valence-corrected chi connectivity index (χ3v) is 4.60. The van der Waals surface area contributed by atoms with Gasteiger partial charge in [-0.3, -0.25) is 4.79 Å². The Morgan fingerprint density at radius 3 is 2.38 bits per heavy atom. The zero-order valence-corrected chi connectivity index (χ0v) is 14.2. The molecule has 0 spiro atoms. The highest BCUT2D eigenvalue weighted by Gasteiger charge is 2.25. The van der Waals surface area contributed by atoms with E-state index >= 15 is 0 Å². The molecule has 0 bridgehead atoms. The highest BCUT2D eigenvalue weighted by Crippen LogP contribution is 2.21. The number of halogens is 1. The number of nitrogens with zero attached hydrogens (tertiary/aromatic N) is 2. The number of aliphatic hydroxyl groups excluding tert-OH is 1. The molecule has 0 saturated carbocycles. The molecule has 3 rings (SSSR count). The molecule has 126 valence electrons. The second-order valence-corrected chi connectivity index (χ2v) is 6.39. The summed E-state index contributed by atoms with van der Waals surface area (Å²) in [6.07, 6.45) is -0.251. The minimum Gasteiger partial charge on any atom is -0.378 e. The van der Waals surface area contributed by atoms with E-state index in [9.17, 15) is 9.90 Å². The van der Waals surface area contributed by atoms with Crippen molar-refractivity contribution in [2.45, 2.75) is 12.5 Å². The predicted octanol–water partition coefficient (Wildman–Crippen LogP) is 3.11. The lowest BCUT2D eigenvalue weighted by atomic mass is 10.1. The monoisotopic (exact) mass is 344 g/mol. The molecule has 1 unspecified atom stereocenters. The average Bonchev–Trinajstić information content (AvgIpc) is 2.88. The number of para-hydroxylation sites is 1. The largest absolute Gasteiger partial charge is 0.378 e. The third kappa shape index (κ3) is 3.89. The van der Waals surface area contributed by atoms with Crippen LogP contribution in [0.5, 0.6) is 0 Å². The van der Waals surface area contributed by atoms with Gasteiger partial charge in [0.05, 0.1) is 0 Å². The number of benzene rings is 2. The third-order valence-electron chi connectivity index (χ3n) is 4.35. The van der Waals surface area contributed by atoms with Crippen LogP contribution >= 0.6 is 11.6 Å². The fraction of sp³-hybridized carbons (Fsp3) is 0.316. The first-order chi connectivity index (χ1) is 11.6. The molecule has 1 N–H and O–H groups in total. The first kappa shape index (κ1) is 16.8. The molecule has 1 aliphatic rings. The Balaban J connectivity index is 1.65. The Labute approximate surface area is 147 Å². The van der Waals surface area contributed by atoms with E-state index in [1.807, 2.05) is 18.2 Å². The van der Waals surface area contributed by atoms with Gasteiger partial charge >= 0.3 is 0 Å². The molecule has 2 aromatic rings. The van der Waals surface area contributed by atoms with Crippen LogP contribution in [0.3, 0.4) is 0 Å². The summed E-state index contributed by atoms with van der Waals surface area (Å²) in [5.41, 5.74) is 1.75. The SMILES string of the molecule is O=C(C(O)c1ccc(Cl)cc1)N1CCCN(c2ccccc2)CC1. The first-order valence-electron chi connectivity index (χ1n) is 8.17. The summed E-state index contributed by atoms with van der Waals surface area (Å²) in [7, 11) is 0. The minimum absolute atomic E-state index is 0.243. The van der Waals surface area contributed by atoms with Gasteiger partial charge in [-0.25, -0.2) is 0 Å². The number of anilines is 1. The zero-order chi connectivity index (χ0) is 16.9. The minimum atomic E-state index is -1.13. The highest BCUT2D eigenvalue weighted by molar-refractivity contribution is 6.30.